The van der Waals surface area contributed by atoms with E-state index in [0.717, 1.165) is 0 Å². The molecule has 0 unspecified atom stereocenters. The van der Waals surface area contributed by atoms with Crippen LogP contribution in [0.2, 0.25) is 0 Å². The zero-order valence-electron chi connectivity index (χ0n) is 13.4. The standard InChI is InChI=1S/C14H26N2O7/c1-5-4-6(17)14(20)13(21-5)22-12-10(19)7(15-2)9(18)8(16-3)11(12)23-14/h5-13,15-20H,4H2,1-3H3/t5-,6+,7+,8-,9-,10-,11+,12+,13-,14-/m0/s1. The summed E-state index contributed by atoms with van der Waals surface area (Å²) in [6, 6.07) is -1.23. The Hall–Kier alpha value is -0.360. The van der Waals surface area contributed by atoms with Gasteiger partial charge in [0.25, 0.3) is 0 Å². The molecular weight excluding hydrogens is 308 g/mol. The maximum atomic E-state index is 10.7. The van der Waals surface area contributed by atoms with Crippen LogP contribution in [0.5, 0.6) is 0 Å². The van der Waals surface area contributed by atoms with Crippen molar-refractivity contribution in [2.24, 2.45) is 0 Å². The Morgan fingerprint density at radius 1 is 0.957 bits per heavy atom. The highest BCUT2D eigenvalue weighted by Gasteiger charge is 2.63. The van der Waals surface area contributed by atoms with Crippen molar-refractivity contribution in [2.75, 3.05) is 14.1 Å². The van der Waals surface area contributed by atoms with E-state index in [9.17, 15) is 20.4 Å². The van der Waals surface area contributed by atoms with E-state index >= 15 is 0 Å². The summed E-state index contributed by atoms with van der Waals surface area (Å²) in [5, 5.41) is 47.7. The molecular formula is C14H26N2O7. The molecule has 3 rings (SSSR count). The Labute approximate surface area is 134 Å². The molecule has 1 saturated carbocycles. The fourth-order valence-corrected chi connectivity index (χ4v) is 3.83. The number of fused-ring (bicyclic) bond motifs is 2. The van der Waals surface area contributed by atoms with Crippen molar-refractivity contribution in [3.63, 3.8) is 0 Å². The molecule has 10 atom stereocenters. The topological polar surface area (TPSA) is 133 Å². The molecule has 0 aromatic heterocycles. The fraction of sp³-hybridized carbons (Fsp3) is 1.00. The lowest BCUT2D eigenvalue weighted by Gasteiger charge is -2.57. The summed E-state index contributed by atoms with van der Waals surface area (Å²) in [4.78, 5) is 0. The van der Waals surface area contributed by atoms with Gasteiger partial charge in [0, 0.05) is 6.42 Å². The Kier molecular flexibility index (Phi) is 4.69. The molecule has 0 aromatic carbocycles. The zero-order chi connectivity index (χ0) is 16.9. The first-order chi connectivity index (χ1) is 10.8. The van der Waals surface area contributed by atoms with Crippen LogP contribution in [0.15, 0.2) is 0 Å². The summed E-state index contributed by atoms with van der Waals surface area (Å²) in [6.07, 6.45) is -6.21. The second-order valence-corrected chi connectivity index (χ2v) is 6.58. The van der Waals surface area contributed by atoms with Gasteiger partial charge in [0.05, 0.1) is 24.3 Å². The highest BCUT2D eigenvalue weighted by Crippen LogP contribution is 2.41. The van der Waals surface area contributed by atoms with Crippen LogP contribution in [0, 0.1) is 0 Å². The van der Waals surface area contributed by atoms with Crippen LogP contribution in [0.25, 0.3) is 0 Å². The maximum Gasteiger partial charge on any atom is 0.245 e. The van der Waals surface area contributed by atoms with E-state index in [1.54, 1.807) is 21.0 Å². The van der Waals surface area contributed by atoms with Crippen molar-refractivity contribution in [1.82, 2.24) is 10.6 Å². The van der Waals surface area contributed by atoms with Gasteiger partial charge >= 0.3 is 0 Å². The molecule has 0 radical (unpaired) electrons. The smallest absolute Gasteiger partial charge is 0.245 e. The van der Waals surface area contributed by atoms with E-state index in [0.29, 0.717) is 0 Å². The normalized spacial score (nSPS) is 56.7. The molecule has 0 aromatic rings. The number of aliphatic hydroxyl groups excluding tert-OH is 3. The zero-order valence-corrected chi connectivity index (χ0v) is 13.4. The Balaban J connectivity index is 1.91. The minimum Gasteiger partial charge on any atom is -0.390 e. The quantitative estimate of drug-likeness (QED) is 0.310. The summed E-state index contributed by atoms with van der Waals surface area (Å²) >= 11 is 0. The third-order valence-electron chi connectivity index (χ3n) is 5.12. The minimum atomic E-state index is -2.03. The summed E-state index contributed by atoms with van der Waals surface area (Å²) in [5.74, 6) is -2.03. The van der Waals surface area contributed by atoms with Crippen LogP contribution in [-0.2, 0) is 14.2 Å². The van der Waals surface area contributed by atoms with Crippen LogP contribution in [-0.4, -0.2) is 95.3 Å². The number of nitrogens with one attached hydrogen (secondary N) is 2. The highest BCUT2D eigenvalue weighted by atomic mass is 16.8. The molecule has 0 bridgehead atoms. The molecule has 9 heteroatoms. The van der Waals surface area contributed by atoms with Gasteiger partial charge in [-0.1, -0.05) is 0 Å². The first-order valence-corrected chi connectivity index (χ1v) is 7.93. The van der Waals surface area contributed by atoms with Gasteiger partial charge in [0.15, 0.2) is 0 Å². The van der Waals surface area contributed by atoms with Crippen LogP contribution >= 0.6 is 0 Å². The maximum absolute atomic E-state index is 10.7. The average Bonchev–Trinajstić information content (AvgIpc) is 2.49. The van der Waals surface area contributed by atoms with Gasteiger partial charge in [-0.25, -0.2) is 0 Å². The molecule has 2 saturated heterocycles. The van der Waals surface area contributed by atoms with Gasteiger partial charge in [0.2, 0.25) is 12.1 Å². The van der Waals surface area contributed by atoms with Gasteiger partial charge in [-0.05, 0) is 21.0 Å². The monoisotopic (exact) mass is 334 g/mol. The van der Waals surface area contributed by atoms with Crippen LogP contribution in [0.4, 0.5) is 0 Å². The number of rotatable bonds is 2. The van der Waals surface area contributed by atoms with Gasteiger partial charge in [-0.2, -0.15) is 0 Å². The van der Waals surface area contributed by atoms with Crippen LogP contribution in [0.1, 0.15) is 13.3 Å². The third-order valence-corrected chi connectivity index (χ3v) is 5.12. The average molecular weight is 334 g/mol. The molecule has 9 nitrogen and oxygen atoms in total. The summed E-state index contributed by atoms with van der Waals surface area (Å²) in [5.41, 5.74) is 0. The lowest BCUT2D eigenvalue weighted by atomic mass is 9.80. The van der Waals surface area contributed by atoms with Gasteiger partial charge in [-0.3, -0.25) is 0 Å². The largest absolute Gasteiger partial charge is 0.390 e. The molecule has 6 N–H and O–H groups in total. The molecule has 3 fully saturated rings. The highest BCUT2D eigenvalue weighted by molar-refractivity contribution is 5.09. The molecule has 1 aliphatic carbocycles. The van der Waals surface area contributed by atoms with E-state index in [1.165, 1.54) is 0 Å². The second kappa shape index (κ2) is 6.17. The van der Waals surface area contributed by atoms with Gasteiger partial charge in [-0.15, -0.1) is 0 Å². The molecule has 2 heterocycles. The van der Waals surface area contributed by atoms with E-state index in [4.69, 9.17) is 14.2 Å². The van der Waals surface area contributed by atoms with Gasteiger partial charge in [0.1, 0.15) is 24.4 Å². The van der Waals surface area contributed by atoms with E-state index in [1.807, 2.05) is 0 Å². The number of likely N-dealkylation sites (N-methyl/N-ethyl adjacent to an activating group) is 2. The minimum absolute atomic E-state index is 0.197. The number of hydrogen-bond acceptors (Lipinski definition) is 9. The van der Waals surface area contributed by atoms with Crippen LogP contribution < -0.4 is 10.6 Å². The predicted octanol–water partition coefficient (Wildman–Crippen LogP) is -3.13. The van der Waals surface area contributed by atoms with E-state index in [2.05, 4.69) is 10.6 Å². The van der Waals surface area contributed by atoms with Crippen molar-refractivity contribution in [1.29, 1.82) is 0 Å². The summed E-state index contributed by atoms with van der Waals surface area (Å²) in [6.45, 7) is 1.76. The number of hydrogen-bond donors (Lipinski definition) is 6. The molecule has 134 valence electrons. The van der Waals surface area contributed by atoms with Crippen molar-refractivity contribution in [2.45, 2.75) is 74.1 Å². The molecule has 3 aliphatic rings. The lowest BCUT2D eigenvalue weighted by Crippen LogP contribution is -2.78. The van der Waals surface area contributed by atoms with Crippen molar-refractivity contribution < 1.29 is 34.6 Å². The van der Waals surface area contributed by atoms with Crippen molar-refractivity contribution in [3.8, 4) is 0 Å². The van der Waals surface area contributed by atoms with E-state index in [-0.39, 0.29) is 12.5 Å². The molecule has 0 spiro atoms. The third kappa shape index (κ3) is 2.60. The predicted molar refractivity (Wildman–Crippen MR) is 77.4 cm³/mol. The van der Waals surface area contributed by atoms with Crippen LogP contribution in [0.3, 0.4) is 0 Å². The molecule has 23 heavy (non-hydrogen) atoms. The Bertz CT molecular complexity index is 441. The molecule has 2 aliphatic heterocycles. The first-order valence-electron chi connectivity index (χ1n) is 7.93. The fourth-order valence-electron chi connectivity index (χ4n) is 3.83. The van der Waals surface area contributed by atoms with E-state index < -0.39 is 54.7 Å². The van der Waals surface area contributed by atoms with Crippen molar-refractivity contribution in [3.05, 3.63) is 0 Å². The number of aliphatic hydroxyl groups is 4. The van der Waals surface area contributed by atoms with Crippen molar-refractivity contribution >= 4 is 0 Å². The molecule has 0 amide bonds. The Morgan fingerprint density at radius 3 is 2.22 bits per heavy atom. The lowest BCUT2D eigenvalue weighted by molar-refractivity contribution is -0.462. The second-order valence-electron chi connectivity index (χ2n) is 6.58. The van der Waals surface area contributed by atoms with Gasteiger partial charge < -0.3 is 45.3 Å². The SMILES string of the molecule is CN[C@@H]1[C@H](O)[C@H](NC)[C@H]2O[C@]3(O)[C@H](O[C@@H]2[C@H]1O)O[C@@H](C)C[C@H]3O. The summed E-state index contributed by atoms with van der Waals surface area (Å²) in [7, 11) is 3.28. The Morgan fingerprint density at radius 2 is 1.61 bits per heavy atom. The first kappa shape index (κ1) is 17.5. The number of ether oxygens (including phenoxy) is 3. The summed E-state index contributed by atoms with van der Waals surface area (Å²) < 4.78 is 17.0.